The molecule has 0 saturated heterocycles. The molecule has 100 valence electrons. The SMILES string of the molecule is COCCC(N)C(=O)NCC(C)(O)CC(=O)O. The second-order valence-corrected chi connectivity index (χ2v) is 4.17. The summed E-state index contributed by atoms with van der Waals surface area (Å²) in [5.41, 5.74) is 4.06. The normalized spacial score (nSPS) is 16.0. The molecule has 2 unspecified atom stereocenters. The lowest BCUT2D eigenvalue weighted by atomic mass is 10.0. The van der Waals surface area contributed by atoms with Crippen molar-refractivity contribution in [2.24, 2.45) is 5.73 Å². The van der Waals surface area contributed by atoms with Gasteiger partial charge in [0.15, 0.2) is 0 Å². The molecule has 0 aromatic heterocycles. The fourth-order valence-electron chi connectivity index (χ4n) is 1.17. The van der Waals surface area contributed by atoms with E-state index in [0.717, 1.165) is 0 Å². The summed E-state index contributed by atoms with van der Waals surface area (Å²) in [6.07, 6.45) is -0.0794. The quantitative estimate of drug-likeness (QED) is 0.423. The van der Waals surface area contributed by atoms with Crippen LogP contribution in [-0.4, -0.2) is 54.0 Å². The average molecular weight is 248 g/mol. The maximum Gasteiger partial charge on any atom is 0.306 e. The van der Waals surface area contributed by atoms with Crippen LogP contribution in [0.5, 0.6) is 0 Å². The van der Waals surface area contributed by atoms with E-state index in [1.807, 2.05) is 0 Å². The monoisotopic (exact) mass is 248 g/mol. The van der Waals surface area contributed by atoms with Gasteiger partial charge in [-0.3, -0.25) is 9.59 Å². The zero-order valence-corrected chi connectivity index (χ0v) is 10.1. The Labute approximate surface area is 99.9 Å². The molecule has 0 aromatic carbocycles. The number of methoxy groups -OCH3 is 1. The third kappa shape index (κ3) is 7.67. The molecule has 17 heavy (non-hydrogen) atoms. The number of aliphatic carboxylic acids is 1. The number of carboxylic acid groups (broad SMARTS) is 1. The number of rotatable bonds is 8. The van der Waals surface area contributed by atoms with Gasteiger partial charge in [0, 0.05) is 20.3 Å². The second-order valence-electron chi connectivity index (χ2n) is 4.17. The molecule has 7 nitrogen and oxygen atoms in total. The van der Waals surface area contributed by atoms with E-state index < -0.39 is 29.9 Å². The van der Waals surface area contributed by atoms with Gasteiger partial charge < -0.3 is 26.0 Å². The van der Waals surface area contributed by atoms with E-state index in [-0.39, 0.29) is 6.54 Å². The van der Waals surface area contributed by atoms with Crippen molar-refractivity contribution >= 4 is 11.9 Å². The smallest absolute Gasteiger partial charge is 0.306 e. The standard InChI is InChI=1S/C10H20N2O5/c1-10(16,5-8(13)14)6-12-9(15)7(11)3-4-17-2/h7,16H,3-6,11H2,1-2H3,(H,12,15)(H,13,14). The van der Waals surface area contributed by atoms with Crippen molar-refractivity contribution in [1.82, 2.24) is 5.32 Å². The number of nitrogens with two attached hydrogens (primary N) is 1. The largest absolute Gasteiger partial charge is 0.481 e. The lowest BCUT2D eigenvalue weighted by molar-refractivity contribution is -0.142. The Kier molecular flexibility index (Phi) is 6.71. The summed E-state index contributed by atoms with van der Waals surface area (Å²) < 4.78 is 4.77. The molecule has 0 radical (unpaired) electrons. The van der Waals surface area contributed by atoms with Crippen molar-refractivity contribution in [3.05, 3.63) is 0 Å². The zero-order valence-electron chi connectivity index (χ0n) is 10.1. The van der Waals surface area contributed by atoms with Crippen LogP contribution in [0.3, 0.4) is 0 Å². The fraction of sp³-hybridized carbons (Fsp3) is 0.800. The van der Waals surface area contributed by atoms with Crippen molar-refractivity contribution in [2.45, 2.75) is 31.4 Å². The average Bonchev–Trinajstić information content (AvgIpc) is 2.20. The summed E-state index contributed by atoms with van der Waals surface area (Å²) in [6.45, 7) is 1.54. The van der Waals surface area contributed by atoms with Crippen molar-refractivity contribution in [3.8, 4) is 0 Å². The Morgan fingerprint density at radius 3 is 2.59 bits per heavy atom. The third-order valence-corrected chi connectivity index (χ3v) is 2.15. The first-order chi connectivity index (χ1) is 7.78. The van der Waals surface area contributed by atoms with Crippen LogP contribution in [0.15, 0.2) is 0 Å². The van der Waals surface area contributed by atoms with Crippen molar-refractivity contribution in [2.75, 3.05) is 20.3 Å². The van der Waals surface area contributed by atoms with E-state index in [4.69, 9.17) is 15.6 Å². The number of aliphatic hydroxyl groups is 1. The Bertz CT molecular complexity index is 267. The Morgan fingerprint density at radius 2 is 2.12 bits per heavy atom. The molecule has 7 heteroatoms. The van der Waals surface area contributed by atoms with Crippen LogP contribution >= 0.6 is 0 Å². The first kappa shape index (κ1) is 15.8. The molecule has 2 atom stereocenters. The topological polar surface area (TPSA) is 122 Å². The van der Waals surface area contributed by atoms with Gasteiger partial charge in [0.1, 0.15) is 0 Å². The lowest BCUT2D eigenvalue weighted by Gasteiger charge is -2.22. The van der Waals surface area contributed by atoms with E-state index in [0.29, 0.717) is 13.0 Å². The molecular formula is C10H20N2O5. The molecule has 0 spiro atoms. The molecule has 0 aliphatic heterocycles. The van der Waals surface area contributed by atoms with Gasteiger partial charge in [-0.2, -0.15) is 0 Å². The molecule has 0 saturated carbocycles. The number of carbonyl (C=O) groups is 2. The third-order valence-electron chi connectivity index (χ3n) is 2.15. The summed E-state index contributed by atoms with van der Waals surface area (Å²) in [5.74, 6) is -1.57. The number of nitrogens with one attached hydrogen (secondary N) is 1. The lowest BCUT2D eigenvalue weighted by Crippen LogP contribution is -2.48. The number of hydrogen-bond acceptors (Lipinski definition) is 5. The van der Waals surface area contributed by atoms with Gasteiger partial charge in [-0.25, -0.2) is 0 Å². The maximum atomic E-state index is 11.4. The Hall–Kier alpha value is -1.18. The number of amides is 1. The van der Waals surface area contributed by atoms with Crippen molar-refractivity contribution in [1.29, 1.82) is 0 Å². The highest BCUT2D eigenvalue weighted by molar-refractivity contribution is 5.81. The molecule has 0 heterocycles. The number of carbonyl (C=O) groups excluding carboxylic acids is 1. The van der Waals surface area contributed by atoms with Crippen LogP contribution in [0.25, 0.3) is 0 Å². The van der Waals surface area contributed by atoms with Gasteiger partial charge in [0.2, 0.25) is 5.91 Å². The summed E-state index contributed by atoms with van der Waals surface area (Å²) in [4.78, 5) is 21.9. The van der Waals surface area contributed by atoms with Gasteiger partial charge in [-0.1, -0.05) is 0 Å². The molecular weight excluding hydrogens is 228 g/mol. The molecule has 0 rings (SSSR count). The molecule has 0 aliphatic carbocycles. The van der Waals surface area contributed by atoms with Crippen molar-refractivity contribution < 1.29 is 24.5 Å². The predicted molar refractivity (Wildman–Crippen MR) is 60.4 cm³/mol. The maximum absolute atomic E-state index is 11.4. The van der Waals surface area contributed by atoms with E-state index in [1.54, 1.807) is 0 Å². The van der Waals surface area contributed by atoms with Crippen LogP contribution in [-0.2, 0) is 14.3 Å². The van der Waals surface area contributed by atoms with E-state index in [9.17, 15) is 14.7 Å². The highest BCUT2D eigenvalue weighted by Crippen LogP contribution is 2.07. The van der Waals surface area contributed by atoms with Crippen LogP contribution < -0.4 is 11.1 Å². The van der Waals surface area contributed by atoms with Gasteiger partial charge in [-0.05, 0) is 13.3 Å². The summed E-state index contributed by atoms with van der Waals surface area (Å²) >= 11 is 0. The van der Waals surface area contributed by atoms with Gasteiger partial charge in [-0.15, -0.1) is 0 Å². The zero-order chi connectivity index (χ0) is 13.5. The number of carboxylic acids is 1. The number of hydrogen-bond donors (Lipinski definition) is 4. The number of ether oxygens (including phenoxy) is 1. The van der Waals surface area contributed by atoms with Gasteiger partial charge in [0.25, 0.3) is 0 Å². The van der Waals surface area contributed by atoms with Crippen LogP contribution in [0.2, 0.25) is 0 Å². The molecule has 0 bridgehead atoms. The first-order valence-corrected chi connectivity index (χ1v) is 5.25. The molecule has 0 aliphatic rings. The molecule has 1 amide bonds. The Balaban J connectivity index is 4.01. The molecule has 0 aromatic rings. The van der Waals surface area contributed by atoms with E-state index in [1.165, 1.54) is 14.0 Å². The van der Waals surface area contributed by atoms with Gasteiger partial charge in [0.05, 0.1) is 18.1 Å². The highest BCUT2D eigenvalue weighted by Gasteiger charge is 2.25. The van der Waals surface area contributed by atoms with E-state index >= 15 is 0 Å². The van der Waals surface area contributed by atoms with Crippen LogP contribution in [0.1, 0.15) is 19.8 Å². The van der Waals surface area contributed by atoms with Crippen LogP contribution in [0, 0.1) is 0 Å². The second kappa shape index (κ2) is 7.21. The summed E-state index contributed by atoms with van der Waals surface area (Å²) in [6, 6.07) is -0.726. The Morgan fingerprint density at radius 1 is 1.53 bits per heavy atom. The van der Waals surface area contributed by atoms with Gasteiger partial charge >= 0.3 is 5.97 Å². The first-order valence-electron chi connectivity index (χ1n) is 5.25. The van der Waals surface area contributed by atoms with E-state index in [2.05, 4.69) is 5.32 Å². The summed E-state index contributed by atoms with van der Waals surface area (Å²) in [5, 5.41) is 20.6. The summed E-state index contributed by atoms with van der Waals surface area (Å²) in [7, 11) is 1.50. The fourth-order valence-corrected chi connectivity index (χ4v) is 1.17. The molecule has 0 fully saturated rings. The minimum absolute atomic E-state index is 0.154. The minimum Gasteiger partial charge on any atom is -0.481 e. The van der Waals surface area contributed by atoms with Crippen LogP contribution in [0.4, 0.5) is 0 Å². The predicted octanol–water partition coefficient (Wildman–Crippen LogP) is -1.31. The minimum atomic E-state index is -1.48. The molecule has 5 N–H and O–H groups in total. The van der Waals surface area contributed by atoms with Crippen molar-refractivity contribution in [3.63, 3.8) is 0 Å². The highest BCUT2D eigenvalue weighted by atomic mass is 16.5.